The van der Waals surface area contributed by atoms with Gasteiger partial charge in [0.05, 0.1) is 5.69 Å². The van der Waals surface area contributed by atoms with E-state index in [9.17, 15) is 0 Å². The van der Waals surface area contributed by atoms with Gasteiger partial charge < -0.3 is 4.90 Å². The van der Waals surface area contributed by atoms with E-state index in [1.54, 1.807) is 0 Å². The maximum Gasteiger partial charge on any atom is 0.108 e. The Kier molecular flexibility index (Phi) is 2.99. The molecule has 0 radical (unpaired) electrons. The Hall–Kier alpha value is -1.31. The number of aliphatic imine (C=N–C) groups is 1. The molecule has 0 unspecified atom stereocenters. The third kappa shape index (κ3) is 1.97. The average Bonchev–Trinajstić information content (AvgIpc) is 2.27. The van der Waals surface area contributed by atoms with E-state index in [1.807, 2.05) is 0 Å². The molecule has 2 heteroatoms. The SMILES string of the molecule is CC(C)C1=Nc2ccccc2CN1C(C)C. The smallest absolute Gasteiger partial charge is 0.108 e. The summed E-state index contributed by atoms with van der Waals surface area (Å²) < 4.78 is 0. The summed E-state index contributed by atoms with van der Waals surface area (Å²) in [5.74, 6) is 1.70. The minimum Gasteiger partial charge on any atom is -0.353 e. The highest BCUT2D eigenvalue weighted by atomic mass is 15.2. The quantitative estimate of drug-likeness (QED) is 0.737. The Balaban J connectivity index is 2.43. The number of hydrogen-bond acceptors (Lipinski definition) is 2. The molecule has 86 valence electrons. The molecule has 1 aromatic carbocycles. The Labute approximate surface area is 98.0 Å². The molecule has 0 aromatic heterocycles. The summed E-state index contributed by atoms with van der Waals surface area (Å²) in [4.78, 5) is 7.19. The maximum absolute atomic E-state index is 4.79. The second-order valence-electron chi connectivity index (χ2n) is 4.98. The highest BCUT2D eigenvalue weighted by molar-refractivity contribution is 5.88. The van der Waals surface area contributed by atoms with Gasteiger partial charge in [0.25, 0.3) is 0 Å². The van der Waals surface area contributed by atoms with Crippen molar-refractivity contribution in [1.82, 2.24) is 4.90 Å². The van der Waals surface area contributed by atoms with Crippen LogP contribution in [0.2, 0.25) is 0 Å². The lowest BCUT2D eigenvalue weighted by Gasteiger charge is -2.35. The van der Waals surface area contributed by atoms with Crippen LogP contribution in [0.15, 0.2) is 29.3 Å². The van der Waals surface area contributed by atoms with Crippen LogP contribution in [0.4, 0.5) is 5.69 Å². The van der Waals surface area contributed by atoms with Crippen molar-refractivity contribution in [3.8, 4) is 0 Å². The minimum atomic E-state index is 0.482. The second-order valence-corrected chi connectivity index (χ2v) is 4.98. The van der Waals surface area contributed by atoms with E-state index in [4.69, 9.17) is 4.99 Å². The zero-order chi connectivity index (χ0) is 11.7. The fourth-order valence-electron chi connectivity index (χ4n) is 2.11. The first kappa shape index (κ1) is 11.2. The normalized spacial score (nSPS) is 15.4. The molecule has 0 atom stereocenters. The van der Waals surface area contributed by atoms with Crippen molar-refractivity contribution in [2.75, 3.05) is 0 Å². The summed E-state index contributed by atoms with van der Waals surface area (Å²) in [5, 5.41) is 0. The van der Waals surface area contributed by atoms with Gasteiger partial charge in [-0.25, -0.2) is 4.99 Å². The van der Waals surface area contributed by atoms with Crippen LogP contribution in [0.1, 0.15) is 33.3 Å². The number of fused-ring (bicyclic) bond motifs is 1. The molecule has 1 aliphatic rings. The van der Waals surface area contributed by atoms with E-state index in [1.165, 1.54) is 11.4 Å². The predicted octanol–water partition coefficient (Wildman–Crippen LogP) is 3.60. The topological polar surface area (TPSA) is 15.6 Å². The average molecular weight is 216 g/mol. The lowest BCUT2D eigenvalue weighted by atomic mass is 10.0. The molecule has 0 amide bonds. The number of rotatable bonds is 2. The largest absolute Gasteiger partial charge is 0.353 e. The molecule has 0 fully saturated rings. The van der Waals surface area contributed by atoms with Crippen LogP contribution in [-0.2, 0) is 6.54 Å². The van der Waals surface area contributed by atoms with Crippen LogP contribution in [0, 0.1) is 5.92 Å². The summed E-state index contributed by atoms with van der Waals surface area (Å²) in [6, 6.07) is 8.94. The van der Waals surface area contributed by atoms with Gasteiger partial charge in [-0.05, 0) is 25.5 Å². The van der Waals surface area contributed by atoms with Crippen molar-refractivity contribution >= 4 is 11.5 Å². The van der Waals surface area contributed by atoms with Gasteiger partial charge in [-0.2, -0.15) is 0 Å². The lowest BCUT2D eigenvalue weighted by Crippen LogP contribution is -2.40. The third-order valence-electron chi connectivity index (χ3n) is 3.00. The molecule has 0 saturated heterocycles. The maximum atomic E-state index is 4.79. The van der Waals surface area contributed by atoms with Gasteiger partial charge >= 0.3 is 0 Å². The van der Waals surface area contributed by atoms with Crippen molar-refractivity contribution in [2.45, 2.75) is 40.3 Å². The van der Waals surface area contributed by atoms with Crippen molar-refractivity contribution in [1.29, 1.82) is 0 Å². The number of benzene rings is 1. The van der Waals surface area contributed by atoms with Crippen LogP contribution in [0.25, 0.3) is 0 Å². The van der Waals surface area contributed by atoms with Gasteiger partial charge in [-0.15, -0.1) is 0 Å². The Morgan fingerprint density at radius 1 is 1.12 bits per heavy atom. The predicted molar refractivity (Wildman–Crippen MR) is 69.1 cm³/mol. The first-order valence-corrected chi connectivity index (χ1v) is 6.02. The third-order valence-corrected chi connectivity index (χ3v) is 3.00. The van der Waals surface area contributed by atoms with Crippen molar-refractivity contribution in [2.24, 2.45) is 10.9 Å². The zero-order valence-electron chi connectivity index (χ0n) is 10.6. The van der Waals surface area contributed by atoms with Crippen LogP contribution in [-0.4, -0.2) is 16.8 Å². The van der Waals surface area contributed by atoms with Crippen LogP contribution < -0.4 is 0 Å². The first-order valence-electron chi connectivity index (χ1n) is 6.02. The summed E-state index contributed by atoms with van der Waals surface area (Å²) in [5.41, 5.74) is 2.48. The fourth-order valence-corrected chi connectivity index (χ4v) is 2.11. The first-order chi connectivity index (χ1) is 7.59. The molecule has 0 N–H and O–H groups in total. The lowest BCUT2D eigenvalue weighted by molar-refractivity contribution is 0.323. The summed E-state index contributed by atoms with van der Waals surface area (Å²) in [6.07, 6.45) is 0. The van der Waals surface area contributed by atoms with E-state index in [-0.39, 0.29) is 0 Å². The molecule has 1 heterocycles. The number of para-hydroxylation sites is 1. The molecular weight excluding hydrogens is 196 g/mol. The minimum absolute atomic E-state index is 0.482. The van der Waals surface area contributed by atoms with Gasteiger partial charge in [0.1, 0.15) is 5.84 Å². The Morgan fingerprint density at radius 3 is 2.44 bits per heavy atom. The van der Waals surface area contributed by atoms with E-state index in [0.717, 1.165) is 12.2 Å². The van der Waals surface area contributed by atoms with E-state index in [2.05, 4.69) is 56.9 Å². The molecule has 0 aliphatic carbocycles. The molecule has 0 bridgehead atoms. The van der Waals surface area contributed by atoms with Crippen LogP contribution in [0.3, 0.4) is 0 Å². The molecule has 2 rings (SSSR count). The molecule has 2 nitrogen and oxygen atoms in total. The standard InChI is InChI=1S/C14H20N2/c1-10(2)14-15-13-8-6-5-7-12(13)9-16(14)11(3)4/h5-8,10-11H,9H2,1-4H3. The number of nitrogens with zero attached hydrogens (tertiary/aromatic N) is 2. The van der Waals surface area contributed by atoms with E-state index >= 15 is 0 Å². The molecule has 16 heavy (non-hydrogen) atoms. The molecule has 0 saturated carbocycles. The van der Waals surface area contributed by atoms with Crippen LogP contribution >= 0.6 is 0 Å². The fraction of sp³-hybridized carbons (Fsp3) is 0.500. The van der Waals surface area contributed by atoms with Crippen molar-refractivity contribution in [3.05, 3.63) is 29.8 Å². The van der Waals surface area contributed by atoms with E-state index in [0.29, 0.717) is 12.0 Å². The van der Waals surface area contributed by atoms with Gasteiger partial charge in [-0.3, -0.25) is 0 Å². The molecule has 0 spiro atoms. The Bertz CT molecular complexity index is 405. The molecule has 1 aliphatic heterocycles. The summed E-state index contributed by atoms with van der Waals surface area (Å²) in [7, 11) is 0. The van der Waals surface area contributed by atoms with Gasteiger partial charge in [-0.1, -0.05) is 32.0 Å². The number of hydrogen-bond donors (Lipinski definition) is 0. The monoisotopic (exact) mass is 216 g/mol. The zero-order valence-corrected chi connectivity index (χ0v) is 10.6. The highest BCUT2D eigenvalue weighted by Gasteiger charge is 2.23. The Morgan fingerprint density at radius 2 is 1.81 bits per heavy atom. The van der Waals surface area contributed by atoms with Crippen molar-refractivity contribution in [3.63, 3.8) is 0 Å². The molecule has 1 aromatic rings. The van der Waals surface area contributed by atoms with Gasteiger partial charge in [0.2, 0.25) is 0 Å². The summed E-state index contributed by atoms with van der Waals surface area (Å²) in [6.45, 7) is 9.87. The van der Waals surface area contributed by atoms with Crippen LogP contribution in [0.5, 0.6) is 0 Å². The highest BCUT2D eigenvalue weighted by Crippen LogP contribution is 2.28. The summed E-state index contributed by atoms with van der Waals surface area (Å²) >= 11 is 0. The van der Waals surface area contributed by atoms with Crippen molar-refractivity contribution < 1.29 is 0 Å². The number of amidine groups is 1. The van der Waals surface area contributed by atoms with Gasteiger partial charge in [0.15, 0.2) is 0 Å². The second kappa shape index (κ2) is 4.28. The molecular formula is C14H20N2. The van der Waals surface area contributed by atoms with Gasteiger partial charge in [0, 0.05) is 18.5 Å². The van der Waals surface area contributed by atoms with E-state index < -0.39 is 0 Å².